The molecule has 0 bridgehead atoms. The second-order valence-electron chi connectivity index (χ2n) is 5.72. The zero-order chi connectivity index (χ0) is 14.9. The summed E-state index contributed by atoms with van der Waals surface area (Å²) in [6, 6.07) is 2.09. The van der Waals surface area contributed by atoms with Gasteiger partial charge < -0.3 is 4.40 Å². The fraction of sp³-hybridized carbons (Fsp3) is 0.500. The minimum Gasteiger partial charge on any atom is -0.306 e. The van der Waals surface area contributed by atoms with Gasteiger partial charge in [0.25, 0.3) is 0 Å². The number of nitrogens with zero attached hydrogens (tertiary/aromatic N) is 2. The quantitative estimate of drug-likeness (QED) is 0.912. The lowest BCUT2D eigenvalue weighted by molar-refractivity contribution is 0.634. The van der Waals surface area contributed by atoms with Crippen LogP contribution in [0, 0.1) is 0 Å². The number of hydrogen-bond donors (Lipinski definition) is 1. The zero-order valence-electron chi connectivity index (χ0n) is 12.2. The zero-order valence-corrected chi connectivity index (χ0v) is 14.6. The van der Waals surface area contributed by atoms with Gasteiger partial charge in [0.2, 0.25) is 0 Å². The summed E-state index contributed by atoms with van der Waals surface area (Å²) >= 11 is 3.55. The molecule has 0 aliphatic rings. The highest BCUT2D eigenvalue weighted by atomic mass is 79.9. The van der Waals surface area contributed by atoms with E-state index < -0.39 is 11.0 Å². The van der Waals surface area contributed by atoms with Gasteiger partial charge in [0.1, 0.15) is 0 Å². The van der Waals surface area contributed by atoms with Crippen LogP contribution in [0.3, 0.4) is 0 Å². The number of halogens is 1. The van der Waals surface area contributed by atoms with Crippen molar-refractivity contribution < 1.29 is 4.21 Å². The van der Waals surface area contributed by atoms with Crippen molar-refractivity contribution in [2.24, 2.45) is 0 Å². The van der Waals surface area contributed by atoms with Crippen molar-refractivity contribution in [3.05, 3.63) is 34.2 Å². The SMILES string of the molecule is CCc1cc(Br)c2nc(CNS(=O)C(C)(C)C)cn2c1. The lowest BCUT2D eigenvalue weighted by Crippen LogP contribution is -2.32. The third-order valence-corrected chi connectivity index (χ3v) is 5.06. The molecule has 4 nitrogen and oxygen atoms in total. The number of fused-ring (bicyclic) bond motifs is 1. The highest BCUT2D eigenvalue weighted by Gasteiger charge is 2.19. The summed E-state index contributed by atoms with van der Waals surface area (Å²) in [5, 5.41) is 0. The second-order valence-corrected chi connectivity index (χ2v) is 8.62. The molecule has 110 valence electrons. The first-order chi connectivity index (χ1) is 9.31. The van der Waals surface area contributed by atoms with Gasteiger partial charge >= 0.3 is 0 Å². The van der Waals surface area contributed by atoms with Crippen molar-refractivity contribution in [2.75, 3.05) is 0 Å². The number of pyridine rings is 1. The molecular formula is C14H20BrN3OS. The molecule has 6 heteroatoms. The van der Waals surface area contributed by atoms with Crippen LogP contribution >= 0.6 is 15.9 Å². The van der Waals surface area contributed by atoms with Gasteiger partial charge in [-0.05, 0) is 54.8 Å². The monoisotopic (exact) mass is 357 g/mol. The molecular weight excluding hydrogens is 338 g/mol. The first kappa shape index (κ1) is 15.7. The van der Waals surface area contributed by atoms with Crippen LogP contribution in [0.1, 0.15) is 39.0 Å². The summed E-state index contributed by atoms with van der Waals surface area (Å²) in [6.45, 7) is 8.47. The average Bonchev–Trinajstić information content (AvgIpc) is 2.78. The van der Waals surface area contributed by atoms with Crippen molar-refractivity contribution in [1.29, 1.82) is 0 Å². The largest absolute Gasteiger partial charge is 0.306 e. The van der Waals surface area contributed by atoms with Crippen LogP contribution in [-0.2, 0) is 24.0 Å². The Balaban J connectivity index is 2.20. The Morgan fingerprint density at radius 1 is 1.40 bits per heavy atom. The van der Waals surface area contributed by atoms with Gasteiger partial charge in [-0.2, -0.15) is 0 Å². The van der Waals surface area contributed by atoms with E-state index in [9.17, 15) is 4.21 Å². The molecule has 2 rings (SSSR count). The Kier molecular flexibility index (Phi) is 4.66. The standard InChI is InChI=1S/C14H20BrN3OS/c1-5-10-6-12(15)13-17-11(9-18(13)8-10)7-16-20(19)14(2,3)4/h6,8-9,16H,5,7H2,1-4H3. The molecule has 1 N–H and O–H groups in total. The van der Waals surface area contributed by atoms with E-state index in [2.05, 4.69) is 44.8 Å². The Labute approximate surface area is 130 Å². The summed E-state index contributed by atoms with van der Waals surface area (Å²) in [6.07, 6.45) is 5.04. The number of hydrogen-bond acceptors (Lipinski definition) is 2. The molecule has 0 saturated carbocycles. The van der Waals surface area contributed by atoms with Crippen molar-refractivity contribution in [3.8, 4) is 0 Å². The summed E-state index contributed by atoms with van der Waals surface area (Å²) in [7, 11) is -1.08. The number of rotatable bonds is 4. The van der Waals surface area contributed by atoms with Crippen LogP contribution in [0.15, 0.2) is 22.9 Å². The topological polar surface area (TPSA) is 46.4 Å². The van der Waals surface area contributed by atoms with E-state index in [4.69, 9.17) is 0 Å². The predicted molar refractivity (Wildman–Crippen MR) is 87.0 cm³/mol. The maximum atomic E-state index is 12.0. The molecule has 0 radical (unpaired) electrons. The number of aromatic nitrogens is 2. The van der Waals surface area contributed by atoms with Gasteiger partial charge in [-0.3, -0.25) is 0 Å². The van der Waals surface area contributed by atoms with Crippen LogP contribution in [0.4, 0.5) is 0 Å². The number of imidazole rings is 1. The van der Waals surface area contributed by atoms with E-state index in [1.807, 2.05) is 31.4 Å². The lowest BCUT2D eigenvalue weighted by atomic mass is 10.2. The van der Waals surface area contributed by atoms with Crippen molar-refractivity contribution in [1.82, 2.24) is 14.1 Å². The summed E-state index contributed by atoms with van der Waals surface area (Å²) in [4.78, 5) is 4.56. The van der Waals surface area contributed by atoms with Crippen LogP contribution < -0.4 is 4.72 Å². The Morgan fingerprint density at radius 3 is 2.70 bits per heavy atom. The van der Waals surface area contributed by atoms with Crippen molar-refractivity contribution >= 4 is 32.6 Å². The summed E-state index contributed by atoms with van der Waals surface area (Å²) < 4.78 is 17.7. The van der Waals surface area contributed by atoms with E-state index >= 15 is 0 Å². The maximum Gasteiger partial charge on any atom is 0.151 e. The molecule has 2 aromatic heterocycles. The minimum absolute atomic E-state index is 0.269. The predicted octanol–water partition coefficient (Wildman–Crippen LogP) is 3.21. The highest BCUT2D eigenvalue weighted by Crippen LogP contribution is 2.20. The van der Waals surface area contributed by atoms with Gasteiger partial charge in [0, 0.05) is 12.4 Å². The van der Waals surface area contributed by atoms with Crippen molar-refractivity contribution in [2.45, 2.75) is 45.4 Å². The molecule has 2 heterocycles. The molecule has 0 aliphatic carbocycles. The van der Waals surface area contributed by atoms with Gasteiger partial charge in [-0.25, -0.2) is 13.9 Å². The molecule has 0 aliphatic heterocycles. The van der Waals surface area contributed by atoms with Gasteiger partial charge in [0.15, 0.2) is 5.65 Å². The van der Waals surface area contributed by atoms with E-state index in [1.165, 1.54) is 5.56 Å². The summed E-state index contributed by atoms with van der Waals surface area (Å²) in [5.74, 6) is 0. The number of aryl methyl sites for hydroxylation is 1. The third kappa shape index (κ3) is 3.48. The normalized spacial score (nSPS) is 13.8. The van der Waals surface area contributed by atoms with Gasteiger partial charge in [-0.15, -0.1) is 0 Å². The lowest BCUT2D eigenvalue weighted by Gasteiger charge is -2.17. The molecule has 1 atom stereocenters. The molecule has 0 amide bonds. The molecule has 0 spiro atoms. The van der Waals surface area contributed by atoms with E-state index in [1.54, 1.807) is 0 Å². The van der Waals surface area contributed by atoms with Crippen LogP contribution in [0.2, 0.25) is 0 Å². The first-order valence-electron chi connectivity index (χ1n) is 6.62. The molecule has 20 heavy (non-hydrogen) atoms. The van der Waals surface area contributed by atoms with E-state index in [-0.39, 0.29) is 4.75 Å². The molecule has 0 saturated heterocycles. The van der Waals surface area contributed by atoms with Crippen LogP contribution in [0.25, 0.3) is 5.65 Å². The van der Waals surface area contributed by atoms with E-state index in [0.717, 1.165) is 22.2 Å². The number of nitrogens with one attached hydrogen (secondary N) is 1. The minimum atomic E-state index is -1.08. The van der Waals surface area contributed by atoms with Crippen molar-refractivity contribution in [3.63, 3.8) is 0 Å². The average molecular weight is 358 g/mol. The van der Waals surface area contributed by atoms with E-state index in [0.29, 0.717) is 6.54 Å². The first-order valence-corrected chi connectivity index (χ1v) is 8.57. The fourth-order valence-electron chi connectivity index (χ4n) is 1.80. The Hall–Kier alpha value is -0.720. The molecule has 0 fully saturated rings. The summed E-state index contributed by atoms with van der Waals surface area (Å²) in [5.41, 5.74) is 3.02. The molecule has 1 unspecified atom stereocenters. The smallest absolute Gasteiger partial charge is 0.151 e. The Morgan fingerprint density at radius 2 is 2.10 bits per heavy atom. The highest BCUT2D eigenvalue weighted by molar-refractivity contribution is 9.10. The van der Waals surface area contributed by atoms with Gasteiger partial charge in [0.05, 0.1) is 32.4 Å². The maximum absolute atomic E-state index is 12.0. The third-order valence-electron chi connectivity index (χ3n) is 2.96. The molecule has 2 aromatic rings. The molecule has 0 aromatic carbocycles. The Bertz CT molecular complexity index is 646. The van der Waals surface area contributed by atoms with Gasteiger partial charge in [-0.1, -0.05) is 6.92 Å². The van der Waals surface area contributed by atoms with Crippen LogP contribution in [-0.4, -0.2) is 18.3 Å². The second kappa shape index (κ2) is 5.95. The fourth-order valence-corrected chi connectivity index (χ4v) is 3.10. The van der Waals surface area contributed by atoms with Crippen LogP contribution in [0.5, 0.6) is 0 Å².